The molecule has 0 amide bonds. The molecule has 2 heterocycles. The van der Waals surface area contributed by atoms with E-state index in [1.165, 1.54) is 36.5 Å². The van der Waals surface area contributed by atoms with Crippen LogP contribution < -0.4 is 0 Å². The van der Waals surface area contributed by atoms with Crippen LogP contribution in [0.2, 0.25) is 0 Å². The summed E-state index contributed by atoms with van der Waals surface area (Å²) in [6.07, 6.45) is 4.28. The summed E-state index contributed by atoms with van der Waals surface area (Å²) in [6, 6.07) is 13.2. The van der Waals surface area contributed by atoms with Crippen LogP contribution in [0.4, 0.5) is 8.78 Å². The maximum atomic E-state index is 13.7. The number of morpholine rings is 1. The van der Waals surface area contributed by atoms with Crippen molar-refractivity contribution in [2.75, 3.05) is 26.3 Å². The molecule has 1 aliphatic heterocycles. The molecule has 0 spiro atoms. The molecule has 8 heteroatoms. The van der Waals surface area contributed by atoms with Gasteiger partial charge in [0.2, 0.25) is 9.84 Å². The zero-order chi connectivity index (χ0) is 22.6. The number of ether oxygens (including phenoxy) is 1. The van der Waals surface area contributed by atoms with Gasteiger partial charge in [-0.15, -0.1) is 0 Å². The van der Waals surface area contributed by atoms with Gasteiger partial charge in [-0.1, -0.05) is 12.1 Å². The van der Waals surface area contributed by atoms with Crippen LogP contribution >= 0.6 is 0 Å². The summed E-state index contributed by atoms with van der Waals surface area (Å²) in [5.41, 5.74) is 1.58. The van der Waals surface area contributed by atoms with E-state index in [-0.39, 0.29) is 15.4 Å². The van der Waals surface area contributed by atoms with E-state index in [2.05, 4.69) is 9.88 Å². The minimum atomic E-state index is -3.73. The van der Waals surface area contributed by atoms with E-state index in [1.54, 1.807) is 24.3 Å². The van der Waals surface area contributed by atoms with Crippen LogP contribution in [-0.4, -0.2) is 44.6 Å². The number of rotatable bonds is 6. The quantitative estimate of drug-likeness (QED) is 0.557. The highest BCUT2D eigenvalue weighted by Crippen LogP contribution is 2.22. The fourth-order valence-corrected chi connectivity index (χ4v) is 4.70. The number of aromatic nitrogens is 1. The van der Waals surface area contributed by atoms with Gasteiger partial charge in [0.05, 0.1) is 28.7 Å². The van der Waals surface area contributed by atoms with Crippen molar-refractivity contribution in [3.8, 4) is 0 Å². The third-order valence-corrected chi connectivity index (χ3v) is 6.92. The smallest absolute Gasteiger partial charge is 0.208 e. The summed E-state index contributed by atoms with van der Waals surface area (Å²) in [4.78, 5) is 6.67. The Morgan fingerprint density at radius 2 is 1.78 bits per heavy atom. The summed E-state index contributed by atoms with van der Waals surface area (Å²) < 4.78 is 58.2. The minimum absolute atomic E-state index is 0.0751. The van der Waals surface area contributed by atoms with Crippen molar-refractivity contribution in [1.82, 2.24) is 9.88 Å². The maximum absolute atomic E-state index is 13.7. The lowest BCUT2D eigenvalue weighted by Crippen LogP contribution is -2.35. The first kappa shape index (κ1) is 22.3. The molecule has 2 aromatic carbocycles. The molecule has 3 aromatic rings. The van der Waals surface area contributed by atoms with Crippen LogP contribution in [0.25, 0.3) is 12.2 Å². The fraction of sp³-hybridized carbons (Fsp3) is 0.208. The van der Waals surface area contributed by atoms with Gasteiger partial charge in [-0.3, -0.25) is 9.88 Å². The zero-order valence-corrected chi connectivity index (χ0v) is 18.1. The van der Waals surface area contributed by atoms with E-state index in [1.807, 2.05) is 6.07 Å². The van der Waals surface area contributed by atoms with Crippen molar-refractivity contribution in [3.63, 3.8) is 0 Å². The molecule has 166 valence electrons. The number of pyridine rings is 1. The van der Waals surface area contributed by atoms with Gasteiger partial charge in [0, 0.05) is 37.5 Å². The summed E-state index contributed by atoms with van der Waals surface area (Å²) in [6.45, 7) is 3.65. The monoisotopic (exact) mass is 456 g/mol. The van der Waals surface area contributed by atoms with Crippen molar-refractivity contribution in [1.29, 1.82) is 0 Å². The first-order valence-corrected chi connectivity index (χ1v) is 11.6. The number of hydrogen-bond acceptors (Lipinski definition) is 5. The summed E-state index contributed by atoms with van der Waals surface area (Å²) in [7, 11) is -3.73. The molecule has 0 N–H and O–H groups in total. The average molecular weight is 457 g/mol. The Kier molecular flexibility index (Phi) is 6.74. The molecule has 1 aromatic heterocycles. The second kappa shape index (κ2) is 9.68. The van der Waals surface area contributed by atoms with Gasteiger partial charge in [-0.2, -0.15) is 0 Å². The predicted molar refractivity (Wildman–Crippen MR) is 118 cm³/mol. The highest BCUT2D eigenvalue weighted by atomic mass is 32.2. The second-order valence-electron chi connectivity index (χ2n) is 7.46. The third kappa shape index (κ3) is 5.27. The van der Waals surface area contributed by atoms with Gasteiger partial charge in [0.15, 0.2) is 0 Å². The van der Waals surface area contributed by atoms with Crippen LogP contribution in [-0.2, 0) is 21.1 Å². The number of benzene rings is 2. The van der Waals surface area contributed by atoms with Gasteiger partial charge in [0.25, 0.3) is 0 Å². The third-order valence-electron chi connectivity index (χ3n) is 5.18. The molecule has 0 atom stereocenters. The number of halogens is 2. The van der Waals surface area contributed by atoms with E-state index in [0.29, 0.717) is 25.5 Å². The normalized spacial score (nSPS) is 15.3. The van der Waals surface area contributed by atoms with Crippen LogP contribution in [0.1, 0.15) is 16.8 Å². The average Bonchev–Trinajstić information content (AvgIpc) is 2.80. The first-order chi connectivity index (χ1) is 15.4. The number of sulfone groups is 1. The molecule has 0 unspecified atom stereocenters. The Bertz CT molecular complexity index is 1220. The highest BCUT2D eigenvalue weighted by molar-refractivity contribution is 7.91. The van der Waals surface area contributed by atoms with Crippen LogP contribution in [0, 0.1) is 11.6 Å². The molecule has 4 rings (SSSR count). The van der Waals surface area contributed by atoms with Gasteiger partial charge in [-0.25, -0.2) is 17.2 Å². The summed E-state index contributed by atoms with van der Waals surface area (Å²) >= 11 is 0. The standard InChI is InChI=1S/C24H22F2N2O3S/c25-20-6-4-19(24(26)15-20)5-7-21-8-9-23(16-27-21)32(29,30)22-3-1-2-18(14-22)17-28-10-12-31-13-11-28/h1-9,14-16H,10-13,17H2/b7-5+. The van der Waals surface area contributed by atoms with Crippen LogP contribution in [0.5, 0.6) is 0 Å². The number of hydrogen-bond donors (Lipinski definition) is 0. The van der Waals surface area contributed by atoms with E-state index < -0.39 is 21.5 Å². The Hall–Kier alpha value is -2.94. The van der Waals surface area contributed by atoms with Crippen molar-refractivity contribution in [2.45, 2.75) is 16.3 Å². The van der Waals surface area contributed by atoms with Gasteiger partial charge >= 0.3 is 0 Å². The molecule has 5 nitrogen and oxygen atoms in total. The molecule has 1 fully saturated rings. The summed E-state index contributed by atoms with van der Waals surface area (Å²) in [5, 5.41) is 0. The van der Waals surface area contributed by atoms with Crippen LogP contribution in [0.15, 0.2) is 70.6 Å². The molecule has 0 radical (unpaired) electrons. The first-order valence-electron chi connectivity index (χ1n) is 10.2. The van der Waals surface area contributed by atoms with Crippen molar-refractivity contribution in [3.05, 3.63) is 89.2 Å². The molecular formula is C24H22F2N2O3S. The van der Waals surface area contributed by atoms with Crippen molar-refractivity contribution >= 4 is 22.0 Å². The molecule has 0 bridgehead atoms. The largest absolute Gasteiger partial charge is 0.379 e. The Morgan fingerprint density at radius 3 is 2.50 bits per heavy atom. The number of nitrogens with zero attached hydrogens (tertiary/aromatic N) is 2. The Balaban J connectivity index is 1.50. The highest BCUT2D eigenvalue weighted by Gasteiger charge is 2.19. The fourth-order valence-electron chi connectivity index (χ4n) is 3.43. The second-order valence-corrected chi connectivity index (χ2v) is 9.41. The topological polar surface area (TPSA) is 59.5 Å². The van der Waals surface area contributed by atoms with Crippen LogP contribution in [0.3, 0.4) is 0 Å². The maximum Gasteiger partial charge on any atom is 0.208 e. The van der Waals surface area contributed by atoms with E-state index in [0.717, 1.165) is 24.7 Å². The lowest BCUT2D eigenvalue weighted by Gasteiger charge is -2.26. The molecule has 1 saturated heterocycles. The van der Waals surface area contributed by atoms with E-state index in [9.17, 15) is 17.2 Å². The van der Waals surface area contributed by atoms with Crippen molar-refractivity contribution in [2.24, 2.45) is 0 Å². The summed E-state index contributed by atoms with van der Waals surface area (Å²) in [5.74, 6) is -1.33. The minimum Gasteiger partial charge on any atom is -0.379 e. The molecule has 0 aliphatic carbocycles. The predicted octanol–water partition coefficient (Wildman–Crippen LogP) is 4.20. The Morgan fingerprint density at radius 1 is 0.969 bits per heavy atom. The lowest BCUT2D eigenvalue weighted by molar-refractivity contribution is 0.0341. The molecule has 1 aliphatic rings. The van der Waals surface area contributed by atoms with Gasteiger partial charge < -0.3 is 4.74 Å². The van der Waals surface area contributed by atoms with Gasteiger partial charge in [-0.05, 0) is 54.1 Å². The van der Waals surface area contributed by atoms with Gasteiger partial charge in [0.1, 0.15) is 11.6 Å². The Labute approximate surface area is 185 Å². The molecule has 32 heavy (non-hydrogen) atoms. The van der Waals surface area contributed by atoms with E-state index in [4.69, 9.17) is 4.74 Å². The molecule has 0 saturated carbocycles. The SMILES string of the molecule is O=S(=O)(c1ccc(/C=C/c2ccc(F)cc2F)nc1)c1cccc(CN2CCOCC2)c1. The lowest BCUT2D eigenvalue weighted by atomic mass is 10.2. The molecular weight excluding hydrogens is 434 g/mol. The van der Waals surface area contributed by atoms with E-state index >= 15 is 0 Å². The van der Waals surface area contributed by atoms with Crippen molar-refractivity contribution < 1.29 is 21.9 Å². The zero-order valence-electron chi connectivity index (χ0n) is 17.2.